The highest BCUT2D eigenvalue weighted by atomic mass is 35.5. The largest absolute Gasteiger partial charge is 0.292 e. The van der Waals surface area contributed by atoms with Crippen LogP contribution in [0.2, 0.25) is 5.15 Å². The summed E-state index contributed by atoms with van der Waals surface area (Å²) >= 11 is 5.92. The van der Waals surface area contributed by atoms with Crippen LogP contribution in [-0.2, 0) is 6.54 Å². The van der Waals surface area contributed by atoms with Gasteiger partial charge in [-0.3, -0.25) is 9.36 Å². The van der Waals surface area contributed by atoms with Crippen molar-refractivity contribution in [2.75, 3.05) is 0 Å². The summed E-state index contributed by atoms with van der Waals surface area (Å²) in [7, 11) is 0. The highest BCUT2D eigenvalue weighted by molar-refractivity contribution is 6.29. The van der Waals surface area contributed by atoms with Gasteiger partial charge in [-0.15, -0.1) is 0 Å². The molecule has 1 aliphatic rings. The number of benzene rings is 1. The van der Waals surface area contributed by atoms with Crippen molar-refractivity contribution in [3.63, 3.8) is 0 Å². The van der Waals surface area contributed by atoms with Crippen molar-refractivity contribution in [2.24, 2.45) is 0 Å². The number of aryl methyl sites for hydroxylation is 2. The monoisotopic (exact) mass is 288 g/mol. The smallest absolute Gasteiger partial charge is 0.255 e. The normalized spacial score (nSPS) is 14.6. The molecule has 0 saturated heterocycles. The fourth-order valence-electron chi connectivity index (χ4n) is 2.39. The molecule has 0 spiro atoms. The third-order valence-corrected chi connectivity index (χ3v) is 4.05. The lowest BCUT2D eigenvalue weighted by molar-refractivity contribution is 0.669. The van der Waals surface area contributed by atoms with Crippen molar-refractivity contribution in [3.8, 4) is 0 Å². The highest BCUT2D eigenvalue weighted by Crippen LogP contribution is 2.38. The van der Waals surface area contributed by atoms with Gasteiger partial charge in [0.2, 0.25) is 0 Å². The first-order valence-corrected chi connectivity index (χ1v) is 7.26. The molecule has 104 valence electrons. The summed E-state index contributed by atoms with van der Waals surface area (Å²) in [5, 5.41) is 0.299. The summed E-state index contributed by atoms with van der Waals surface area (Å²) < 4.78 is 1.76. The summed E-state index contributed by atoms with van der Waals surface area (Å²) in [5.41, 5.74) is 3.56. The van der Waals surface area contributed by atoms with E-state index in [0.717, 1.165) is 24.2 Å². The molecule has 0 N–H and O–H groups in total. The maximum absolute atomic E-state index is 12.2. The van der Waals surface area contributed by atoms with Crippen molar-refractivity contribution >= 4 is 11.6 Å². The van der Waals surface area contributed by atoms with Gasteiger partial charge in [0.25, 0.3) is 5.56 Å². The number of hydrogen-bond donors (Lipinski definition) is 0. The molecule has 0 amide bonds. The zero-order valence-corrected chi connectivity index (χ0v) is 12.4. The van der Waals surface area contributed by atoms with E-state index in [1.165, 1.54) is 17.2 Å². The molecule has 3 rings (SSSR count). The van der Waals surface area contributed by atoms with Gasteiger partial charge in [-0.05, 0) is 43.4 Å². The minimum Gasteiger partial charge on any atom is -0.292 e. The lowest BCUT2D eigenvalue weighted by Crippen LogP contribution is -2.24. The van der Waals surface area contributed by atoms with E-state index in [1.807, 2.05) is 0 Å². The van der Waals surface area contributed by atoms with E-state index in [9.17, 15) is 4.79 Å². The Hall–Kier alpha value is -1.61. The SMILES string of the molecule is Cc1ccc(Cn2c(C3CC3)nc(Cl)cc2=O)cc1C. The van der Waals surface area contributed by atoms with E-state index in [-0.39, 0.29) is 5.56 Å². The van der Waals surface area contributed by atoms with Gasteiger partial charge < -0.3 is 0 Å². The molecule has 0 bridgehead atoms. The van der Waals surface area contributed by atoms with E-state index in [1.54, 1.807) is 4.57 Å². The maximum Gasteiger partial charge on any atom is 0.255 e. The van der Waals surface area contributed by atoms with Gasteiger partial charge in [0.1, 0.15) is 11.0 Å². The number of halogens is 1. The van der Waals surface area contributed by atoms with Crippen molar-refractivity contribution < 1.29 is 0 Å². The quantitative estimate of drug-likeness (QED) is 0.811. The molecule has 1 heterocycles. The number of rotatable bonds is 3. The molecule has 4 heteroatoms. The first-order chi connectivity index (χ1) is 9.54. The van der Waals surface area contributed by atoms with Crippen LogP contribution in [0, 0.1) is 13.8 Å². The minimum atomic E-state index is -0.0647. The van der Waals surface area contributed by atoms with Gasteiger partial charge in [-0.2, -0.15) is 0 Å². The second-order valence-corrected chi connectivity index (χ2v) is 5.94. The second kappa shape index (κ2) is 5.06. The fraction of sp³-hybridized carbons (Fsp3) is 0.375. The van der Waals surface area contributed by atoms with E-state index in [0.29, 0.717) is 17.6 Å². The Balaban J connectivity index is 2.01. The first-order valence-electron chi connectivity index (χ1n) is 6.88. The third-order valence-electron chi connectivity index (χ3n) is 3.86. The molecular weight excluding hydrogens is 272 g/mol. The topological polar surface area (TPSA) is 34.9 Å². The predicted octanol–water partition coefficient (Wildman–Crippen LogP) is 3.44. The summed E-state index contributed by atoms with van der Waals surface area (Å²) in [6.45, 7) is 4.74. The Labute approximate surface area is 123 Å². The molecule has 0 radical (unpaired) electrons. The lowest BCUT2D eigenvalue weighted by atomic mass is 10.1. The van der Waals surface area contributed by atoms with E-state index < -0.39 is 0 Å². The average Bonchev–Trinajstić information content (AvgIpc) is 3.21. The zero-order valence-electron chi connectivity index (χ0n) is 11.7. The summed E-state index contributed by atoms with van der Waals surface area (Å²) in [6, 6.07) is 7.69. The zero-order chi connectivity index (χ0) is 14.3. The van der Waals surface area contributed by atoms with Crippen molar-refractivity contribution in [1.82, 2.24) is 9.55 Å². The number of hydrogen-bond acceptors (Lipinski definition) is 2. The molecule has 3 nitrogen and oxygen atoms in total. The van der Waals surface area contributed by atoms with Crippen LogP contribution in [0.1, 0.15) is 41.3 Å². The average molecular weight is 289 g/mol. The van der Waals surface area contributed by atoms with Gasteiger partial charge >= 0.3 is 0 Å². The second-order valence-electron chi connectivity index (χ2n) is 5.55. The van der Waals surface area contributed by atoms with E-state index in [2.05, 4.69) is 37.0 Å². The molecule has 0 aliphatic heterocycles. The summed E-state index contributed by atoms with van der Waals surface area (Å²) in [4.78, 5) is 16.5. The molecule has 20 heavy (non-hydrogen) atoms. The first kappa shape index (κ1) is 13.4. The van der Waals surface area contributed by atoms with Crippen LogP contribution in [0.3, 0.4) is 0 Å². The van der Waals surface area contributed by atoms with Crippen LogP contribution in [0.15, 0.2) is 29.1 Å². The summed E-state index contributed by atoms with van der Waals surface area (Å²) in [5.74, 6) is 1.23. The maximum atomic E-state index is 12.2. The number of nitrogens with zero attached hydrogens (tertiary/aromatic N) is 2. The molecule has 1 fully saturated rings. The Morgan fingerprint density at radius 3 is 2.65 bits per heavy atom. The molecule has 0 atom stereocenters. The van der Waals surface area contributed by atoms with Gasteiger partial charge in [0.05, 0.1) is 6.54 Å². The highest BCUT2D eigenvalue weighted by Gasteiger charge is 2.29. The van der Waals surface area contributed by atoms with Gasteiger partial charge in [0.15, 0.2) is 0 Å². The van der Waals surface area contributed by atoms with Gasteiger partial charge in [-0.1, -0.05) is 29.8 Å². The van der Waals surface area contributed by atoms with E-state index >= 15 is 0 Å². The van der Waals surface area contributed by atoms with Crippen molar-refractivity contribution in [3.05, 3.63) is 62.3 Å². The van der Waals surface area contributed by atoms with Crippen molar-refractivity contribution in [1.29, 1.82) is 0 Å². The minimum absolute atomic E-state index is 0.0647. The Kier molecular flexibility index (Phi) is 3.38. The van der Waals surface area contributed by atoms with Crippen LogP contribution in [0.4, 0.5) is 0 Å². The summed E-state index contributed by atoms with van der Waals surface area (Å²) in [6.07, 6.45) is 2.19. The van der Waals surface area contributed by atoms with Crippen LogP contribution in [-0.4, -0.2) is 9.55 Å². The lowest BCUT2D eigenvalue weighted by Gasteiger charge is -2.12. The van der Waals surface area contributed by atoms with Crippen molar-refractivity contribution in [2.45, 2.75) is 39.2 Å². The molecule has 2 aromatic rings. The predicted molar refractivity (Wildman–Crippen MR) is 80.5 cm³/mol. The Morgan fingerprint density at radius 1 is 1.25 bits per heavy atom. The molecule has 1 saturated carbocycles. The standard InChI is InChI=1S/C16H17ClN2O/c1-10-3-4-12(7-11(10)2)9-19-15(20)8-14(17)18-16(19)13-5-6-13/h3-4,7-8,13H,5-6,9H2,1-2H3. The van der Waals surface area contributed by atoms with Gasteiger partial charge in [-0.25, -0.2) is 4.98 Å². The number of aromatic nitrogens is 2. The third kappa shape index (κ3) is 2.63. The van der Waals surface area contributed by atoms with Crippen LogP contribution >= 0.6 is 11.6 Å². The van der Waals surface area contributed by atoms with E-state index in [4.69, 9.17) is 11.6 Å². The van der Waals surface area contributed by atoms with Crippen LogP contribution in [0.25, 0.3) is 0 Å². The molecule has 1 aromatic carbocycles. The molecule has 0 unspecified atom stereocenters. The molecular formula is C16H17ClN2O. The Morgan fingerprint density at radius 2 is 2.00 bits per heavy atom. The fourth-order valence-corrected chi connectivity index (χ4v) is 2.57. The van der Waals surface area contributed by atoms with Crippen LogP contribution < -0.4 is 5.56 Å². The molecule has 1 aliphatic carbocycles. The Bertz CT molecular complexity index is 717. The van der Waals surface area contributed by atoms with Crippen LogP contribution in [0.5, 0.6) is 0 Å². The van der Waals surface area contributed by atoms with Gasteiger partial charge in [0, 0.05) is 12.0 Å². The molecule has 1 aromatic heterocycles.